The maximum atomic E-state index is 12.9. The predicted molar refractivity (Wildman–Crippen MR) is 96.7 cm³/mol. The van der Waals surface area contributed by atoms with Crippen LogP contribution in [0.3, 0.4) is 0 Å². The zero-order valence-corrected chi connectivity index (χ0v) is 14.5. The van der Waals surface area contributed by atoms with Crippen molar-refractivity contribution in [1.82, 2.24) is 4.90 Å². The summed E-state index contributed by atoms with van der Waals surface area (Å²) in [5.41, 5.74) is 0.957. The van der Waals surface area contributed by atoms with Crippen LogP contribution in [0.15, 0.2) is 82.0 Å². The second kappa shape index (κ2) is 6.65. The Morgan fingerprint density at radius 3 is 2.58 bits per heavy atom. The molecule has 0 fully saturated rings. The van der Waals surface area contributed by atoms with Crippen molar-refractivity contribution in [2.45, 2.75) is 12.6 Å². The highest BCUT2D eigenvalue weighted by Gasteiger charge is 2.45. The van der Waals surface area contributed by atoms with Crippen molar-refractivity contribution in [2.75, 3.05) is 0 Å². The Hall–Kier alpha value is -3.12. The molecule has 1 unspecified atom stereocenters. The van der Waals surface area contributed by atoms with Crippen molar-refractivity contribution in [3.63, 3.8) is 0 Å². The largest absolute Gasteiger partial charge is 0.503 e. The van der Waals surface area contributed by atoms with E-state index < -0.39 is 17.7 Å². The molecule has 0 bridgehead atoms. The van der Waals surface area contributed by atoms with Gasteiger partial charge >= 0.3 is 0 Å². The lowest BCUT2D eigenvalue weighted by atomic mass is 10.00. The molecule has 5 nitrogen and oxygen atoms in total. The van der Waals surface area contributed by atoms with Gasteiger partial charge in [-0.3, -0.25) is 9.59 Å². The summed E-state index contributed by atoms with van der Waals surface area (Å²) in [6.45, 7) is 0.260. The number of furan rings is 1. The Morgan fingerprint density at radius 1 is 1.12 bits per heavy atom. The van der Waals surface area contributed by atoms with Crippen LogP contribution in [0.4, 0.5) is 0 Å². The van der Waals surface area contributed by atoms with Gasteiger partial charge in [0.15, 0.2) is 5.76 Å². The summed E-state index contributed by atoms with van der Waals surface area (Å²) in [6, 6.07) is 15.5. The number of nitrogens with zero attached hydrogens (tertiary/aromatic N) is 1. The van der Waals surface area contributed by atoms with Gasteiger partial charge in [0.05, 0.1) is 16.7 Å². The van der Waals surface area contributed by atoms with E-state index in [1.807, 2.05) is 30.3 Å². The average molecular weight is 365 g/mol. The number of hydrogen-bond acceptors (Lipinski definition) is 5. The summed E-state index contributed by atoms with van der Waals surface area (Å²) >= 11 is 1.27. The van der Waals surface area contributed by atoms with Crippen molar-refractivity contribution < 1.29 is 19.1 Å². The van der Waals surface area contributed by atoms with E-state index in [9.17, 15) is 14.7 Å². The SMILES string of the molecule is O=C(C1=C(O)C(=O)N(Cc2ccccc2)C1c1ccco1)c1cccs1. The van der Waals surface area contributed by atoms with Crippen molar-refractivity contribution in [2.24, 2.45) is 0 Å². The number of rotatable bonds is 5. The molecule has 130 valence electrons. The first-order chi connectivity index (χ1) is 12.7. The van der Waals surface area contributed by atoms with Crippen LogP contribution in [0.2, 0.25) is 0 Å². The first-order valence-electron chi connectivity index (χ1n) is 8.06. The molecule has 1 aliphatic rings. The molecule has 2 aromatic heterocycles. The molecule has 3 aromatic rings. The van der Waals surface area contributed by atoms with Crippen LogP contribution in [0, 0.1) is 0 Å². The molecule has 3 heterocycles. The molecule has 1 aliphatic heterocycles. The van der Waals surface area contributed by atoms with E-state index in [0.29, 0.717) is 10.6 Å². The molecule has 26 heavy (non-hydrogen) atoms. The number of Topliss-reactive ketones (excluding diaryl/α,β-unsaturated/α-hetero) is 1. The number of hydrogen-bond donors (Lipinski definition) is 1. The van der Waals surface area contributed by atoms with Gasteiger partial charge in [0, 0.05) is 6.54 Å². The van der Waals surface area contributed by atoms with Gasteiger partial charge in [0.2, 0.25) is 5.78 Å². The van der Waals surface area contributed by atoms with E-state index in [4.69, 9.17) is 4.42 Å². The van der Waals surface area contributed by atoms with Gasteiger partial charge in [-0.15, -0.1) is 11.3 Å². The lowest BCUT2D eigenvalue weighted by Crippen LogP contribution is -2.30. The Bertz CT molecular complexity index is 959. The van der Waals surface area contributed by atoms with Crippen molar-refractivity contribution in [1.29, 1.82) is 0 Å². The van der Waals surface area contributed by atoms with Gasteiger partial charge in [0.25, 0.3) is 5.91 Å². The van der Waals surface area contributed by atoms with E-state index in [1.54, 1.807) is 29.6 Å². The first kappa shape index (κ1) is 16.4. The van der Waals surface area contributed by atoms with Crippen LogP contribution in [-0.2, 0) is 11.3 Å². The van der Waals surface area contributed by atoms with Crippen LogP contribution < -0.4 is 0 Å². The second-order valence-electron chi connectivity index (χ2n) is 5.91. The van der Waals surface area contributed by atoms with Crippen molar-refractivity contribution in [3.8, 4) is 0 Å². The number of thiophene rings is 1. The minimum atomic E-state index is -0.757. The quantitative estimate of drug-likeness (QED) is 0.691. The lowest BCUT2D eigenvalue weighted by Gasteiger charge is -2.24. The summed E-state index contributed by atoms with van der Waals surface area (Å²) < 4.78 is 5.49. The third-order valence-corrected chi connectivity index (χ3v) is 5.17. The van der Waals surface area contributed by atoms with Crippen molar-refractivity contribution >= 4 is 23.0 Å². The average Bonchev–Trinajstić information content (AvgIpc) is 3.40. The van der Waals surface area contributed by atoms with Crippen molar-refractivity contribution in [3.05, 3.63) is 93.8 Å². The smallest absolute Gasteiger partial charge is 0.290 e. The molecule has 1 aromatic carbocycles. The van der Waals surface area contributed by atoms with Gasteiger partial charge in [-0.1, -0.05) is 36.4 Å². The molecule has 6 heteroatoms. The molecule has 0 saturated heterocycles. The van der Waals surface area contributed by atoms with Gasteiger partial charge < -0.3 is 14.4 Å². The third kappa shape index (κ3) is 2.74. The highest BCUT2D eigenvalue weighted by Crippen LogP contribution is 2.40. The number of carbonyl (C=O) groups excluding carboxylic acids is 2. The number of ketones is 1. The van der Waals surface area contributed by atoms with Gasteiger partial charge in [-0.2, -0.15) is 0 Å². The fourth-order valence-corrected chi connectivity index (χ4v) is 3.79. The van der Waals surface area contributed by atoms with E-state index in [1.165, 1.54) is 22.5 Å². The van der Waals surface area contributed by atoms with Crippen LogP contribution in [0.5, 0.6) is 0 Å². The number of aliphatic hydroxyl groups excluding tert-OH is 1. The van der Waals surface area contributed by atoms with Gasteiger partial charge in [0.1, 0.15) is 11.8 Å². The Morgan fingerprint density at radius 2 is 1.92 bits per heavy atom. The number of aliphatic hydroxyl groups is 1. The topological polar surface area (TPSA) is 70.8 Å². The zero-order chi connectivity index (χ0) is 18.1. The maximum Gasteiger partial charge on any atom is 0.290 e. The summed E-state index contributed by atoms with van der Waals surface area (Å²) in [5.74, 6) is -1.00. The molecule has 0 saturated carbocycles. The minimum Gasteiger partial charge on any atom is -0.503 e. The molecular weight excluding hydrogens is 350 g/mol. The highest BCUT2D eigenvalue weighted by atomic mass is 32.1. The predicted octanol–water partition coefficient (Wildman–Crippen LogP) is 4.12. The zero-order valence-electron chi connectivity index (χ0n) is 13.7. The van der Waals surface area contributed by atoms with Gasteiger partial charge in [-0.05, 0) is 29.1 Å². The fourth-order valence-electron chi connectivity index (χ4n) is 3.11. The van der Waals surface area contributed by atoms with Crippen LogP contribution in [0.1, 0.15) is 27.0 Å². The molecular formula is C20H15NO4S. The Labute approximate surface area is 153 Å². The number of amides is 1. The molecule has 1 atom stereocenters. The second-order valence-corrected chi connectivity index (χ2v) is 6.85. The molecule has 1 N–H and O–H groups in total. The Balaban J connectivity index is 1.77. The lowest BCUT2D eigenvalue weighted by molar-refractivity contribution is -0.130. The molecule has 0 spiro atoms. The normalized spacial score (nSPS) is 17.2. The molecule has 0 radical (unpaired) electrons. The standard InChI is InChI=1S/C20H15NO4S/c22-18(15-9-5-11-26-15)16-17(14-8-4-10-25-14)21(20(24)19(16)23)12-13-6-2-1-3-7-13/h1-11,17,23H,12H2. The summed E-state index contributed by atoms with van der Waals surface area (Å²) in [5, 5.41) is 12.3. The number of benzene rings is 1. The van der Waals surface area contributed by atoms with Crippen LogP contribution >= 0.6 is 11.3 Å². The van der Waals surface area contributed by atoms with E-state index in [2.05, 4.69) is 0 Å². The number of carbonyl (C=O) groups is 2. The van der Waals surface area contributed by atoms with Crippen LogP contribution in [-0.4, -0.2) is 21.7 Å². The minimum absolute atomic E-state index is 0.0586. The summed E-state index contributed by atoms with van der Waals surface area (Å²) in [4.78, 5) is 27.6. The summed E-state index contributed by atoms with van der Waals surface area (Å²) in [6.07, 6.45) is 1.49. The van der Waals surface area contributed by atoms with E-state index in [0.717, 1.165) is 5.56 Å². The highest BCUT2D eigenvalue weighted by molar-refractivity contribution is 7.12. The molecule has 4 rings (SSSR count). The third-order valence-electron chi connectivity index (χ3n) is 4.30. The molecule has 1 amide bonds. The fraction of sp³-hybridized carbons (Fsp3) is 0.100. The van der Waals surface area contributed by atoms with Gasteiger partial charge in [-0.25, -0.2) is 0 Å². The van der Waals surface area contributed by atoms with E-state index >= 15 is 0 Å². The monoisotopic (exact) mass is 365 g/mol. The Kier molecular flexibility index (Phi) is 4.18. The first-order valence-corrected chi connectivity index (χ1v) is 8.94. The molecule has 0 aliphatic carbocycles. The van der Waals surface area contributed by atoms with E-state index in [-0.39, 0.29) is 17.9 Å². The maximum absolute atomic E-state index is 12.9. The van der Waals surface area contributed by atoms with Crippen LogP contribution in [0.25, 0.3) is 0 Å². The summed E-state index contributed by atoms with van der Waals surface area (Å²) in [7, 11) is 0.